The lowest BCUT2D eigenvalue weighted by Gasteiger charge is -2.35. The van der Waals surface area contributed by atoms with E-state index in [2.05, 4.69) is 5.32 Å². The van der Waals surface area contributed by atoms with Gasteiger partial charge >= 0.3 is 6.03 Å². The maximum atomic E-state index is 11.9. The van der Waals surface area contributed by atoms with Crippen molar-refractivity contribution in [3.63, 3.8) is 0 Å². The number of hydrogen-bond acceptors (Lipinski definition) is 2. The maximum absolute atomic E-state index is 11.9. The Morgan fingerprint density at radius 3 is 2.67 bits per heavy atom. The Hall–Kier alpha value is -0.840. The van der Waals surface area contributed by atoms with Gasteiger partial charge < -0.3 is 16.0 Å². The third-order valence-corrected chi connectivity index (χ3v) is 3.27. The van der Waals surface area contributed by atoms with Crippen LogP contribution in [-0.2, 0) is 0 Å². The van der Waals surface area contributed by atoms with Gasteiger partial charge in [0.1, 0.15) is 0 Å². The molecule has 1 saturated carbocycles. The largest absolute Gasteiger partial charge is 0.392 e. The summed E-state index contributed by atoms with van der Waals surface area (Å²) in [6.45, 7) is 0.778. The third kappa shape index (κ3) is 2.59. The summed E-state index contributed by atoms with van der Waals surface area (Å²) in [5.74, 6) is 0. The Bertz CT molecular complexity index is 278. The van der Waals surface area contributed by atoms with E-state index in [9.17, 15) is 4.79 Å². The van der Waals surface area contributed by atoms with Crippen LogP contribution in [0.4, 0.5) is 4.79 Å². The van der Waals surface area contributed by atoms with Crippen LogP contribution in [0.25, 0.3) is 0 Å². The van der Waals surface area contributed by atoms with Crippen molar-refractivity contribution in [2.75, 3.05) is 6.54 Å². The minimum Gasteiger partial charge on any atom is -0.392 e. The van der Waals surface area contributed by atoms with Crippen LogP contribution in [0.2, 0.25) is 0 Å². The molecule has 1 atom stereocenters. The number of nitrogens with one attached hydrogen (secondary N) is 1. The smallest absolute Gasteiger partial charge is 0.318 e. The topological polar surface area (TPSA) is 58.4 Å². The summed E-state index contributed by atoms with van der Waals surface area (Å²) < 4.78 is 0. The van der Waals surface area contributed by atoms with E-state index in [1.165, 1.54) is 0 Å². The molecular weight excluding hydrogens is 210 g/mol. The van der Waals surface area contributed by atoms with E-state index in [1.807, 2.05) is 0 Å². The molecule has 2 amide bonds. The first-order valence-corrected chi connectivity index (χ1v) is 5.96. The van der Waals surface area contributed by atoms with Gasteiger partial charge in [0.2, 0.25) is 0 Å². The fourth-order valence-corrected chi connectivity index (χ4v) is 2.20. The molecule has 0 radical (unpaired) electrons. The number of thiocarbonyl (C=S) groups is 1. The summed E-state index contributed by atoms with van der Waals surface area (Å²) >= 11 is 5.00. The molecule has 0 spiro atoms. The first-order chi connectivity index (χ1) is 7.18. The standard InChI is InChI=1S/C10H17N3OS/c11-9(15)8-3-1-2-6-13(8)10(14)12-7-4-5-7/h7-8H,1-6H2,(H2,11,15)(H,12,14). The number of rotatable bonds is 2. The first kappa shape index (κ1) is 10.7. The second-order valence-electron chi connectivity index (χ2n) is 4.33. The minimum absolute atomic E-state index is 0.00926. The number of amides is 2. The molecule has 1 heterocycles. The number of nitrogens with two attached hydrogens (primary N) is 1. The molecule has 1 aliphatic heterocycles. The molecular formula is C10H17N3OS. The number of nitrogens with zero attached hydrogens (tertiary/aromatic N) is 1. The van der Waals surface area contributed by atoms with Gasteiger partial charge in [0, 0.05) is 12.6 Å². The average Bonchev–Trinajstić information content (AvgIpc) is 3.01. The number of urea groups is 1. The molecule has 1 aliphatic carbocycles. The number of hydrogen-bond donors (Lipinski definition) is 2. The van der Waals surface area contributed by atoms with E-state index in [0.717, 1.165) is 38.6 Å². The third-order valence-electron chi connectivity index (χ3n) is 3.00. The molecule has 84 valence electrons. The first-order valence-electron chi connectivity index (χ1n) is 5.55. The van der Waals surface area contributed by atoms with Crippen molar-refractivity contribution in [2.45, 2.75) is 44.2 Å². The van der Waals surface area contributed by atoms with E-state index >= 15 is 0 Å². The molecule has 2 fully saturated rings. The van der Waals surface area contributed by atoms with Crippen LogP contribution in [0, 0.1) is 0 Å². The van der Waals surface area contributed by atoms with Crippen molar-refractivity contribution in [3.05, 3.63) is 0 Å². The lowest BCUT2D eigenvalue weighted by molar-refractivity contribution is 0.172. The average molecular weight is 227 g/mol. The lowest BCUT2D eigenvalue weighted by atomic mass is 10.0. The molecule has 0 aromatic carbocycles. The van der Waals surface area contributed by atoms with Crippen molar-refractivity contribution in [2.24, 2.45) is 5.73 Å². The van der Waals surface area contributed by atoms with E-state index in [-0.39, 0.29) is 12.1 Å². The van der Waals surface area contributed by atoms with Gasteiger partial charge in [-0.05, 0) is 32.1 Å². The SMILES string of the molecule is NC(=S)C1CCCCN1C(=O)NC1CC1. The summed E-state index contributed by atoms with van der Waals surface area (Å²) in [6, 6.07) is 0.369. The van der Waals surface area contributed by atoms with Gasteiger partial charge in [-0.3, -0.25) is 0 Å². The molecule has 4 nitrogen and oxygen atoms in total. The van der Waals surface area contributed by atoms with Crippen molar-refractivity contribution < 1.29 is 4.79 Å². The molecule has 3 N–H and O–H groups in total. The summed E-state index contributed by atoms with van der Waals surface area (Å²) in [7, 11) is 0. The van der Waals surface area contributed by atoms with Gasteiger partial charge in [-0.25, -0.2) is 4.79 Å². The predicted molar refractivity (Wildman–Crippen MR) is 62.7 cm³/mol. The quantitative estimate of drug-likeness (QED) is 0.692. The normalized spacial score (nSPS) is 26.1. The van der Waals surface area contributed by atoms with Crippen molar-refractivity contribution >= 4 is 23.2 Å². The van der Waals surface area contributed by atoms with E-state index in [4.69, 9.17) is 18.0 Å². The molecule has 0 bridgehead atoms. The van der Waals surface area contributed by atoms with Crippen LogP contribution in [0.3, 0.4) is 0 Å². The van der Waals surface area contributed by atoms with Crippen LogP contribution >= 0.6 is 12.2 Å². The Morgan fingerprint density at radius 1 is 1.33 bits per heavy atom. The zero-order valence-corrected chi connectivity index (χ0v) is 9.55. The van der Waals surface area contributed by atoms with Crippen LogP contribution in [0.15, 0.2) is 0 Å². The van der Waals surface area contributed by atoms with E-state index in [0.29, 0.717) is 11.0 Å². The van der Waals surface area contributed by atoms with Crippen molar-refractivity contribution in [3.8, 4) is 0 Å². The van der Waals surface area contributed by atoms with Crippen LogP contribution in [0.5, 0.6) is 0 Å². The molecule has 1 saturated heterocycles. The maximum Gasteiger partial charge on any atom is 0.318 e. The molecule has 15 heavy (non-hydrogen) atoms. The van der Waals surface area contributed by atoms with E-state index in [1.54, 1.807) is 4.90 Å². The molecule has 2 aliphatic rings. The predicted octanol–water partition coefficient (Wildman–Crippen LogP) is 0.999. The van der Waals surface area contributed by atoms with Gasteiger partial charge in [-0.2, -0.15) is 0 Å². The highest BCUT2D eigenvalue weighted by Crippen LogP contribution is 2.21. The van der Waals surface area contributed by atoms with Crippen LogP contribution in [0.1, 0.15) is 32.1 Å². The number of carbonyl (C=O) groups is 1. The monoisotopic (exact) mass is 227 g/mol. The molecule has 0 aromatic rings. The molecule has 1 unspecified atom stereocenters. The Morgan fingerprint density at radius 2 is 2.07 bits per heavy atom. The zero-order valence-electron chi connectivity index (χ0n) is 8.74. The second kappa shape index (κ2) is 4.35. The number of likely N-dealkylation sites (tertiary alicyclic amines) is 1. The highest BCUT2D eigenvalue weighted by atomic mass is 32.1. The van der Waals surface area contributed by atoms with Gasteiger partial charge in [0.05, 0.1) is 11.0 Å². The highest BCUT2D eigenvalue weighted by molar-refractivity contribution is 7.80. The Labute approximate surface area is 95.2 Å². The van der Waals surface area contributed by atoms with Gasteiger partial charge in [0.25, 0.3) is 0 Å². The van der Waals surface area contributed by atoms with E-state index < -0.39 is 0 Å². The minimum atomic E-state index is -0.0347. The number of carbonyl (C=O) groups excluding carboxylic acids is 1. The second-order valence-corrected chi connectivity index (χ2v) is 4.80. The molecule has 2 rings (SSSR count). The van der Waals surface area contributed by atoms with Crippen molar-refractivity contribution in [1.82, 2.24) is 10.2 Å². The summed E-state index contributed by atoms with van der Waals surface area (Å²) in [4.78, 5) is 14.1. The lowest BCUT2D eigenvalue weighted by Crippen LogP contribution is -2.53. The molecule has 5 heteroatoms. The molecule has 0 aromatic heterocycles. The van der Waals surface area contributed by atoms with Gasteiger partial charge in [0.15, 0.2) is 0 Å². The van der Waals surface area contributed by atoms with Gasteiger partial charge in [-0.15, -0.1) is 0 Å². The zero-order chi connectivity index (χ0) is 10.8. The Kier molecular flexibility index (Phi) is 3.09. The highest BCUT2D eigenvalue weighted by Gasteiger charge is 2.31. The summed E-state index contributed by atoms with van der Waals surface area (Å²) in [6.07, 6.45) is 5.29. The van der Waals surface area contributed by atoms with Crippen LogP contribution in [-0.4, -0.2) is 34.5 Å². The van der Waals surface area contributed by atoms with Crippen molar-refractivity contribution in [1.29, 1.82) is 0 Å². The number of piperidine rings is 1. The van der Waals surface area contributed by atoms with Crippen LogP contribution < -0.4 is 11.1 Å². The van der Waals surface area contributed by atoms with Gasteiger partial charge in [-0.1, -0.05) is 12.2 Å². The summed E-state index contributed by atoms with van der Waals surface area (Å²) in [5, 5.41) is 2.98. The fraction of sp³-hybridized carbons (Fsp3) is 0.800. The summed E-state index contributed by atoms with van der Waals surface area (Å²) in [5.41, 5.74) is 5.65. The fourth-order valence-electron chi connectivity index (χ4n) is 1.96. The Balaban J connectivity index is 1.96.